The smallest absolute Gasteiger partial charge is 0.357 e. The molecule has 1 aliphatic heterocycles. The number of fused-ring (bicyclic) bond motifs is 1. The van der Waals surface area contributed by atoms with Crippen LogP contribution in [0.25, 0.3) is 23.2 Å². The number of aromatic nitrogens is 4. The van der Waals surface area contributed by atoms with Crippen molar-refractivity contribution in [2.75, 3.05) is 19.8 Å². The number of hydrogen-bond acceptors (Lipinski definition) is 9. The number of carbonyl (C=O) groups excluding carboxylic acids is 2. The Hall–Kier alpha value is -4.73. The monoisotopic (exact) mass is 458 g/mol. The highest BCUT2D eigenvalue weighted by atomic mass is 16.6. The number of ketones is 1. The quantitative estimate of drug-likeness (QED) is 0.234. The lowest BCUT2D eigenvalue weighted by Crippen LogP contribution is -2.19. The van der Waals surface area contributed by atoms with Crippen molar-refractivity contribution in [2.45, 2.75) is 0 Å². The van der Waals surface area contributed by atoms with Crippen LogP contribution >= 0.6 is 0 Å². The molecular weight excluding hydrogens is 440 g/mol. The SMILES string of the molecule is O=C(OCC(=O)c1ccc2c(c1)OCCO2)/C(=C\c1ccco1)n1nnnc1-c1ccccc1. The molecule has 0 saturated carbocycles. The number of Topliss-reactive ketones (excluding diaryl/α,β-unsaturated/α-hetero) is 1. The van der Waals surface area contributed by atoms with Crippen LogP contribution in [0.3, 0.4) is 0 Å². The molecular formula is C24H18N4O6. The van der Waals surface area contributed by atoms with Gasteiger partial charge in [-0.3, -0.25) is 4.79 Å². The second-order valence-corrected chi connectivity index (χ2v) is 7.18. The zero-order valence-corrected chi connectivity index (χ0v) is 17.8. The number of ether oxygens (including phenoxy) is 3. The Morgan fingerprint density at radius 3 is 2.62 bits per heavy atom. The Bertz CT molecular complexity index is 1350. The maximum atomic E-state index is 13.1. The molecule has 0 bridgehead atoms. The van der Waals surface area contributed by atoms with E-state index in [1.54, 1.807) is 30.3 Å². The highest BCUT2D eigenvalue weighted by Crippen LogP contribution is 2.31. The topological polar surface area (TPSA) is 119 Å². The fraction of sp³-hybridized carbons (Fsp3) is 0.125. The van der Waals surface area contributed by atoms with E-state index >= 15 is 0 Å². The number of nitrogens with zero attached hydrogens (tertiary/aromatic N) is 4. The molecule has 0 unspecified atom stereocenters. The second-order valence-electron chi connectivity index (χ2n) is 7.18. The maximum absolute atomic E-state index is 13.1. The van der Waals surface area contributed by atoms with Gasteiger partial charge in [0.25, 0.3) is 0 Å². The van der Waals surface area contributed by atoms with Gasteiger partial charge in [0.2, 0.25) is 0 Å². The van der Waals surface area contributed by atoms with E-state index in [-0.39, 0.29) is 5.70 Å². The Morgan fingerprint density at radius 1 is 1.00 bits per heavy atom. The minimum absolute atomic E-state index is 0.0197. The van der Waals surface area contributed by atoms with E-state index in [9.17, 15) is 9.59 Å². The van der Waals surface area contributed by atoms with Gasteiger partial charge in [-0.2, -0.15) is 4.68 Å². The number of tetrazole rings is 1. The number of hydrogen-bond donors (Lipinski definition) is 0. The first-order valence-corrected chi connectivity index (χ1v) is 10.4. The molecule has 1 aliphatic rings. The lowest BCUT2D eigenvalue weighted by atomic mass is 10.1. The van der Waals surface area contributed by atoms with E-state index in [0.29, 0.717) is 47.4 Å². The van der Waals surface area contributed by atoms with Crippen LogP contribution in [0.4, 0.5) is 0 Å². The van der Waals surface area contributed by atoms with E-state index in [4.69, 9.17) is 18.6 Å². The standard InChI is InChI=1S/C24H18N4O6/c29-20(17-8-9-21-22(13-17)33-12-11-32-21)15-34-24(30)19(14-18-7-4-10-31-18)28-23(25-26-27-28)16-5-2-1-3-6-16/h1-10,13-14H,11-12,15H2/b19-14+. The van der Waals surface area contributed by atoms with Gasteiger partial charge < -0.3 is 18.6 Å². The first-order chi connectivity index (χ1) is 16.7. The fourth-order valence-corrected chi connectivity index (χ4v) is 3.34. The van der Waals surface area contributed by atoms with Crippen LogP contribution in [0.5, 0.6) is 11.5 Å². The molecule has 0 radical (unpaired) electrons. The summed E-state index contributed by atoms with van der Waals surface area (Å²) >= 11 is 0. The average Bonchev–Trinajstić information content (AvgIpc) is 3.58. The van der Waals surface area contributed by atoms with Crippen LogP contribution < -0.4 is 9.47 Å². The van der Waals surface area contributed by atoms with Crippen LogP contribution in [0.15, 0.2) is 71.3 Å². The van der Waals surface area contributed by atoms with Gasteiger partial charge in [0.15, 0.2) is 35.4 Å². The molecule has 3 heterocycles. The van der Waals surface area contributed by atoms with Crippen molar-refractivity contribution < 1.29 is 28.2 Å². The molecule has 170 valence electrons. The number of esters is 1. The zero-order chi connectivity index (χ0) is 23.3. The van der Waals surface area contributed by atoms with Crippen LogP contribution in [-0.2, 0) is 9.53 Å². The first kappa shape index (κ1) is 21.1. The van der Waals surface area contributed by atoms with E-state index in [1.165, 1.54) is 17.0 Å². The molecule has 0 atom stereocenters. The average molecular weight is 458 g/mol. The van der Waals surface area contributed by atoms with Gasteiger partial charge in [0.05, 0.1) is 6.26 Å². The third-order valence-corrected chi connectivity index (χ3v) is 4.96. The molecule has 0 spiro atoms. The van der Waals surface area contributed by atoms with Gasteiger partial charge in [0, 0.05) is 17.2 Å². The summed E-state index contributed by atoms with van der Waals surface area (Å²) < 4.78 is 22.9. The fourth-order valence-electron chi connectivity index (χ4n) is 3.34. The summed E-state index contributed by atoms with van der Waals surface area (Å²) in [6.45, 7) is 0.359. The van der Waals surface area contributed by atoms with Crippen LogP contribution in [0.1, 0.15) is 16.1 Å². The normalized spacial score (nSPS) is 12.9. The predicted molar refractivity (Wildman–Crippen MR) is 119 cm³/mol. The van der Waals surface area contributed by atoms with E-state index in [1.807, 2.05) is 30.3 Å². The largest absolute Gasteiger partial charge is 0.486 e. The van der Waals surface area contributed by atoms with Crippen LogP contribution in [0.2, 0.25) is 0 Å². The van der Waals surface area contributed by atoms with Gasteiger partial charge in [-0.25, -0.2) is 4.79 Å². The van der Waals surface area contributed by atoms with Gasteiger partial charge >= 0.3 is 5.97 Å². The summed E-state index contributed by atoms with van der Waals surface area (Å²) in [6.07, 6.45) is 2.91. The molecule has 0 amide bonds. The number of rotatable bonds is 7. The molecule has 2 aromatic carbocycles. The molecule has 4 aromatic rings. The summed E-state index contributed by atoms with van der Waals surface area (Å²) in [5, 5.41) is 11.7. The highest BCUT2D eigenvalue weighted by molar-refractivity contribution is 6.16. The van der Waals surface area contributed by atoms with Gasteiger partial charge in [0.1, 0.15) is 19.0 Å². The molecule has 0 N–H and O–H groups in total. The van der Waals surface area contributed by atoms with Crippen molar-refractivity contribution >= 4 is 23.5 Å². The lowest BCUT2D eigenvalue weighted by Gasteiger charge is -2.18. The van der Waals surface area contributed by atoms with Gasteiger partial charge in [-0.15, -0.1) is 5.10 Å². The second kappa shape index (κ2) is 9.41. The van der Waals surface area contributed by atoms with Crippen molar-refractivity contribution in [3.63, 3.8) is 0 Å². The third-order valence-electron chi connectivity index (χ3n) is 4.96. The summed E-state index contributed by atoms with van der Waals surface area (Å²) in [5.74, 6) is 0.557. The van der Waals surface area contributed by atoms with Crippen LogP contribution in [-0.4, -0.2) is 51.8 Å². The van der Waals surface area contributed by atoms with Gasteiger partial charge in [-0.05, 0) is 40.8 Å². The van der Waals surface area contributed by atoms with Crippen molar-refractivity contribution in [3.8, 4) is 22.9 Å². The third kappa shape index (κ3) is 4.42. The molecule has 34 heavy (non-hydrogen) atoms. The summed E-state index contributed by atoms with van der Waals surface area (Å²) in [4.78, 5) is 25.8. The molecule has 0 saturated heterocycles. The minimum Gasteiger partial charge on any atom is -0.486 e. The number of furan rings is 1. The molecule has 0 fully saturated rings. The van der Waals surface area contributed by atoms with Crippen LogP contribution in [0, 0.1) is 0 Å². The van der Waals surface area contributed by atoms with E-state index in [0.717, 1.165) is 0 Å². The van der Waals surface area contributed by atoms with Crippen molar-refractivity contribution in [3.05, 3.63) is 78.3 Å². The summed E-state index contributed by atoms with van der Waals surface area (Å²) in [5.41, 5.74) is 1.01. The maximum Gasteiger partial charge on any atom is 0.357 e. The molecule has 5 rings (SSSR count). The minimum atomic E-state index is -0.799. The Labute approximate surface area is 193 Å². The van der Waals surface area contributed by atoms with E-state index < -0.39 is 18.4 Å². The predicted octanol–water partition coefficient (Wildman–Crippen LogP) is 3.13. The molecule has 10 heteroatoms. The lowest BCUT2D eigenvalue weighted by molar-refractivity contribution is -0.136. The molecule has 2 aromatic heterocycles. The summed E-state index contributed by atoms with van der Waals surface area (Å²) in [6, 6.07) is 17.3. The highest BCUT2D eigenvalue weighted by Gasteiger charge is 2.23. The van der Waals surface area contributed by atoms with Gasteiger partial charge in [-0.1, -0.05) is 30.3 Å². The number of benzene rings is 2. The number of carbonyl (C=O) groups is 2. The Kier molecular flexibility index (Phi) is 5.85. The first-order valence-electron chi connectivity index (χ1n) is 10.4. The zero-order valence-electron chi connectivity index (χ0n) is 17.8. The molecule has 10 nitrogen and oxygen atoms in total. The van der Waals surface area contributed by atoms with Crippen molar-refractivity contribution in [1.82, 2.24) is 20.2 Å². The Morgan fingerprint density at radius 2 is 1.82 bits per heavy atom. The van der Waals surface area contributed by atoms with E-state index in [2.05, 4.69) is 15.5 Å². The Balaban J connectivity index is 1.39. The van der Waals surface area contributed by atoms with Crippen molar-refractivity contribution in [2.24, 2.45) is 0 Å². The van der Waals surface area contributed by atoms with Crippen molar-refractivity contribution in [1.29, 1.82) is 0 Å². The molecule has 0 aliphatic carbocycles. The summed E-state index contributed by atoms with van der Waals surface area (Å²) in [7, 11) is 0.